The first-order valence-corrected chi connectivity index (χ1v) is 13.1. The summed E-state index contributed by atoms with van der Waals surface area (Å²) in [6.45, 7) is 11.9. The van der Waals surface area contributed by atoms with Crippen molar-refractivity contribution in [1.29, 1.82) is 0 Å². The zero-order valence-electron chi connectivity index (χ0n) is 22.8. The molecule has 0 spiro atoms. The maximum absolute atomic E-state index is 13.4. The third kappa shape index (κ3) is 6.10. The zero-order valence-corrected chi connectivity index (χ0v) is 22.8. The highest BCUT2D eigenvalue weighted by molar-refractivity contribution is 6.46. The van der Waals surface area contributed by atoms with E-state index in [1.165, 1.54) is 12.0 Å². The lowest BCUT2D eigenvalue weighted by atomic mass is 9.94. The molecule has 9 heteroatoms. The van der Waals surface area contributed by atoms with Crippen molar-refractivity contribution >= 4 is 17.4 Å². The number of nitrogens with zero attached hydrogens (tertiary/aromatic N) is 2. The van der Waals surface area contributed by atoms with Crippen LogP contribution in [0.2, 0.25) is 0 Å². The Kier molecular flexibility index (Phi) is 9.27. The van der Waals surface area contributed by atoms with E-state index in [2.05, 4.69) is 11.5 Å². The minimum atomic E-state index is -0.805. The van der Waals surface area contributed by atoms with E-state index in [-0.39, 0.29) is 11.3 Å². The molecule has 39 heavy (non-hydrogen) atoms. The smallest absolute Gasteiger partial charge is 0.295 e. The van der Waals surface area contributed by atoms with Gasteiger partial charge in [-0.2, -0.15) is 0 Å². The van der Waals surface area contributed by atoms with Crippen molar-refractivity contribution in [1.82, 2.24) is 9.80 Å². The number of amides is 1. The van der Waals surface area contributed by atoms with Crippen LogP contribution in [0.3, 0.4) is 0 Å². The molecule has 2 aromatic rings. The van der Waals surface area contributed by atoms with Crippen molar-refractivity contribution in [2.24, 2.45) is 0 Å². The van der Waals surface area contributed by atoms with Gasteiger partial charge in [0, 0.05) is 31.7 Å². The van der Waals surface area contributed by atoms with E-state index in [1.807, 2.05) is 13.8 Å². The number of morpholine rings is 1. The van der Waals surface area contributed by atoms with E-state index >= 15 is 0 Å². The van der Waals surface area contributed by atoms with Gasteiger partial charge in [-0.05, 0) is 55.3 Å². The number of Topliss-reactive ketones (excluding diaryl/α,β-unsaturated/α-hetero) is 1. The average Bonchev–Trinajstić information content (AvgIpc) is 3.21. The van der Waals surface area contributed by atoms with E-state index in [1.54, 1.807) is 42.5 Å². The second-order valence-electron chi connectivity index (χ2n) is 9.37. The average molecular weight is 537 g/mol. The largest absolute Gasteiger partial charge is 0.507 e. The highest BCUT2D eigenvalue weighted by Gasteiger charge is 2.46. The van der Waals surface area contributed by atoms with Gasteiger partial charge in [0.1, 0.15) is 18.1 Å². The van der Waals surface area contributed by atoms with Crippen LogP contribution >= 0.6 is 0 Å². The van der Waals surface area contributed by atoms with Crippen molar-refractivity contribution in [3.05, 3.63) is 71.3 Å². The standard InChI is InChI=1S/C30H36N2O7/c1-5-15-39-24-10-7-21(19-25(24)36-4)27-26(28(33)22-8-9-23(38-6-2)20(3)18-22)29(34)30(35)32(27)12-11-31-13-16-37-17-14-31/h5,7-10,18-19,27,33H,1,6,11-17H2,2-4H3/b28-26+. The Bertz CT molecular complexity index is 1250. The Labute approximate surface area is 229 Å². The Morgan fingerprint density at radius 3 is 2.49 bits per heavy atom. The van der Waals surface area contributed by atoms with Gasteiger partial charge >= 0.3 is 0 Å². The fraction of sp³-hybridized carbons (Fsp3) is 0.400. The normalized spacial score (nSPS) is 19.3. The van der Waals surface area contributed by atoms with E-state index in [0.29, 0.717) is 67.9 Å². The lowest BCUT2D eigenvalue weighted by Gasteiger charge is -2.31. The van der Waals surface area contributed by atoms with Crippen LogP contribution in [-0.2, 0) is 14.3 Å². The number of methoxy groups -OCH3 is 1. The SMILES string of the molecule is C=CCOc1ccc(C2/C(=C(\O)c3ccc(OCC)c(C)c3)C(=O)C(=O)N2CCN2CCOCC2)cc1OC. The fourth-order valence-electron chi connectivity index (χ4n) is 4.92. The molecule has 2 aliphatic rings. The summed E-state index contributed by atoms with van der Waals surface area (Å²) in [5, 5.41) is 11.5. The molecule has 1 atom stereocenters. The summed E-state index contributed by atoms with van der Waals surface area (Å²) in [5.41, 5.74) is 1.91. The molecule has 1 N–H and O–H groups in total. The predicted molar refractivity (Wildman–Crippen MR) is 147 cm³/mol. The third-order valence-corrected chi connectivity index (χ3v) is 6.91. The summed E-state index contributed by atoms with van der Waals surface area (Å²) in [6.07, 6.45) is 1.63. The van der Waals surface area contributed by atoms with E-state index in [4.69, 9.17) is 18.9 Å². The summed E-state index contributed by atoms with van der Waals surface area (Å²) in [7, 11) is 1.53. The van der Waals surface area contributed by atoms with Crippen molar-refractivity contribution in [2.75, 3.05) is 59.7 Å². The first-order chi connectivity index (χ1) is 18.9. The summed E-state index contributed by atoms with van der Waals surface area (Å²) in [5.74, 6) is 0.0414. The molecule has 1 unspecified atom stereocenters. The van der Waals surface area contributed by atoms with Gasteiger partial charge < -0.3 is 29.0 Å². The summed E-state index contributed by atoms with van der Waals surface area (Å²) in [6, 6.07) is 9.67. The number of likely N-dealkylation sites (tertiary alicyclic amines) is 1. The number of carbonyl (C=O) groups excluding carboxylic acids is 2. The monoisotopic (exact) mass is 536 g/mol. The highest BCUT2D eigenvalue weighted by atomic mass is 16.5. The van der Waals surface area contributed by atoms with Gasteiger partial charge in [0.25, 0.3) is 11.7 Å². The van der Waals surface area contributed by atoms with Crippen LogP contribution in [0.4, 0.5) is 0 Å². The van der Waals surface area contributed by atoms with Gasteiger partial charge in [0.15, 0.2) is 11.5 Å². The number of aliphatic hydroxyl groups is 1. The van der Waals surface area contributed by atoms with Crippen molar-refractivity contribution in [3.63, 3.8) is 0 Å². The molecule has 2 aromatic carbocycles. The van der Waals surface area contributed by atoms with Crippen LogP contribution < -0.4 is 14.2 Å². The van der Waals surface area contributed by atoms with Crippen LogP contribution in [0.5, 0.6) is 17.2 Å². The van der Waals surface area contributed by atoms with Crippen LogP contribution in [0, 0.1) is 6.92 Å². The first kappa shape index (κ1) is 28.2. The fourth-order valence-corrected chi connectivity index (χ4v) is 4.92. The van der Waals surface area contributed by atoms with Gasteiger partial charge in [-0.1, -0.05) is 18.7 Å². The third-order valence-electron chi connectivity index (χ3n) is 6.91. The molecule has 9 nitrogen and oxygen atoms in total. The van der Waals surface area contributed by atoms with Gasteiger partial charge in [-0.25, -0.2) is 0 Å². The summed E-state index contributed by atoms with van der Waals surface area (Å²) < 4.78 is 22.3. The topological polar surface area (TPSA) is 97.8 Å². The zero-order chi connectivity index (χ0) is 27.9. The number of benzene rings is 2. The molecule has 0 aliphatic carbocycles. The van der Waals surface area contributed by atoms with Crippen LogP contribution in [-0.4, -0.2) is 86.3 Å². The molecule has 0 radical (unpaired) electrons. The molecular formula is C30H36N2O7. The lowest BCUT2D eigenvalue weighted by molar-refractivity contribution is -0.140. The lowest BCUT2D eigenvalue weighted by Crippen LogP contribution is -2.42. The van der Waals surface area contributed by atoms with Crippen LogP contribution in [0.15, 0.2) is 54.6 Å². The molecule has 2 heterocycles. The Hall–Kier alpha value is -3.82. The number of rotatable bonds is 11. The number of aryl methyl sites for hydroxylation is 1. The van der Waals surface area contributed by atoms with E-state index in [9.17, 15) is 14.7 Å². The molecule has 0 saturated carbocycles. The summed E-state index contributed by atoms with van der Waals surface area (Å²) >= 11 is 0. The number of carbonyl (C=O) groups is 2. The van der Waals surface area contributed by atoms with Gasteiger partial charge in [0.2, 0.25) is 0 Å². The quantitative estimate of drug-likeness (QED) is 0.201. The number of aliphatic hydroxyl groups excluding tert-OH is 1. The molecule has 4 rings (SSSR count). The second kappa shape index (κ2) is 12.8. The molecule has 2 fully saturated rings. The van der Waals surface area contributed by atoms with Crippen molar-refractivity contribution in [2.45, 2.75) is 19.9 Å². The molecule has 2 saturated heterocycles. The van der Waals surface area contributed by atoms with Gasteiger partial charge in [-0.3, -0.25) is 14.5 Å². The number of hydrogen-bond donors (Lipinski definition) is 1. The molecular weight excluding hydrogens is 500 g/mol. The van der Waals surface area contributed by atoms with E-state index in [0.717, 1.165) is 18.7 Å². The molecule has 1 amide bonds. The van der Waals surface area contributed by atoms with Gasteiger partial charge in [0.05, 0.1) is 38.5 Å². The van der Waals surface area contributed by atoms with Crippen LogP contribution in [0.1, 0.15) is 29.7 Å². The molecule has 0 aromatic heterocycles. The Morgan fingerprint density at radius 1 is 1.08 bits per heavy atom. The first-order valence-electron chi connectivity index (χ1n) is 13.1. The number of ketones is 1. The number of hydrogen-bond acceptors (Lipinski definition) is 8. The van der Waals surface area contributed by atoms with E-state index < -0.39 is 17.7 Å². The Morgan fingerprint density at radius 2 is 1.82 bits per heavy atom. The predicted octanol–water partition coefficient (Wildman–Crippen LogP) is 3.72. The minimum Gasteiger partial charge on any atom is -0.507 e. The maximum atomic E-state index is 13.4. The van der Waals surface area contributed by atoms with Gasteiger partial charge in [-0.15, -0.1) is 0 Å². The molecule has 208 valence electrons. The molecule has 0 bridgehead atoms. The Balaban J connectivity index is 1.77. The second-order valence-corrected chi connectivity index (χ2v) is 9.37. The number of ether oxygens (including phenoxy) is 4. The highest BCUT2D eigenvalue weighted by Crippen LogP contribution is 2.42. The van der Waals surface area contributed by atoms with Crippen LogP contribution in [0.25, 0.3) is 5.76 Å². The summed E-state index contributed by atoms with van der Waals surface area (Å²) in [4.78, 5) is 30.6. The maximum Gasteiger partial charge on any atom is 0.295 e. The van der Waals surface area contributed by atoms with Crippen molar-refractivity contribution < 1.29 is 33.6 Å². The molecule has 2 aliphatic heterocycles. The van der Waals surface area contributed by atoms with Crippen molar-refractivity contribution in [3.8, 4) is 17.2 Å². The minimum absolute atomic E-state index is 0.0346.